The highest BCUT2D eigenvalue weighted by molar-refractivity contribution is 5.99. The number of benzene rings is 4. The maximum Gasteiger partial charge on any atom is 0.340 e. The van der Waals surface area contributed by atoms with Gasteiger partial charge < -0.3 is 30.2 Å². The number of nitrogens with one attached hydrogen (secondary N) is 3. The molecule has 0 aliphatic heterocycles. The van der Waals surface area contributed by atoms with Gasteiger partial charge in [0.1, 0.15) is 0 Å². The number of esters is 3. The monoisotopic (exact) mass is 567 g/mol. The first-order valence-corrected chi connectivity index (χ1v) is 13.7. The van der Waals surface area contributed by atoms with Crippen molar-refractivity contribution in [2.45, 2.75) is 20.8 Å². The van der Waals surface area contributed by atoms with Crippen molar-refractivity contribution in [2.75, 3.05) is 35.8 Å². The van der Waals surface area contributed by atoms with E-state index >= 15 is 0 Å². The van der Waals surface area contributed by atoms with Crippen LogP contribution < -0.4 is 16.0 Å². The number of anilines is 6. The smallest absolute Gasteiger partial charge is 0.340 e. The van der Waals surface area contributed by atoms with Gasteiger partial charge in [0.05, 0.1) is 53.6 Å². The summed E-state index contributed by atoms with van der Waals surface area (Å²) in [4.78, 5) is 37.8. The lowest BCUT2D eigenvalue weighted by molar-refractivity contribution is 0.0518. The number of hydrogen-bond donors (Lipinski definition) is 3. The van der Waals surface area contributed by atoms with Gasteiger partial charge in [-0.05, 0) is 75.4 Å². The van der Waals surface area contributed by atoms with Gasteiger partial charge in [0.15, 0.2) is 0 Å². The van der Waals surface area contributed by atoms with E-state index in [2.05, 4.69) is 16.0 Å². The van der Waals surface area contributed by atoms with E-state index in [0.29, 0.717) is 50.8 Å². The Balaban J connectivity index is 1.75. The quantitative estimate of drug-likeness (QED) is 0.119. The van der Waals surface area contributed by atoms with Crippen molar-refractivity contribution in [1.29, 1.82) is 0 Å². The Morgan fingerprint density at radius 1 is 0.476 bits per heavy atom. The van der Waals surface area contributed by atoms with E-state index in [-0.39, 0.29) is 19.8 Å². The van der Waals surface area contributed by atoms with E-state index in [1.54, 1.807) is 75.4 Å². The van der Waals surface area contributed by atoms with Crippen molar-refractivity contribution in [2.24, 2.45) is 0 Å². The SMILES string of the molecule is CCOC(=O)c1ccccc1Nc1cc(Nc2ccccc2C(=O)OCC)cc(Nc2ccccc2C(=O)OCC)c1. The number of hydrogen-bond acceptors (Lipinski definition) is 9. The number of para-hydroxylation sites is 3. The first-order chi connectivity index (χ1) is 20.4. The molecule has 4 rings (SSSR count). The average Bonchev–Trinajstić information content (AvgIpc) is 2.98. The molecule has 0 aliphatic rings. The molecule has 42 heavy (non-hydrogen) atoms. The molecule has 0 unspecified atom stereocenters. The molecule has 0 aliphatic carbocycles. The lowest BCUT2D eigenvalue weighted by Crippen LogP contribution is -2.09. The van der Waals surface area contributed by atoms with E-state index in [1.165, 1.54) is 0 Å². The number of carbonyl (C=O) groups excluding carboxylic acids is 3. The molecule has 0 spiro atoms. The molecule has 0 atom stereocenters. The van der Waals surface area contributed by atoms with Crippen LogP contribution in [-0.2, 0) is 14.2 Å². The average molecular weight is 568 g/mol. The van der Waals surface area contributed by atoms with Crippen molar-refractivity contribution in [3.8, 4) is 0 Å². The van der Waals surface area contributed by atoms with E-state index in [0.717, 1.165) is 0 Å². The van der Waals surface area contributed by atoms with Crippen molar-refractivity contribution < 1.29 is 28.6 Å². The lowest BCUT2D eigenvalue weighted by atomic mass is 10.1. The maximum atomic E-state index is 12.6. The summed E-state index contributed by atoms with van der Waals surface area (Å²) >= 11 is 0. The molecule has 0 heterocycles. The van der Waals surface area contributed by atoms with Gasteiger partial charge in [-0.2, -0.15) is 0 Å². The Labute approximate surface area is 244 Å². The Hall–Kier alpha value is -5.31. The summed E-state index contributed by atoms with van der Waals surface area (Å²) in [7, 11) is 0. The first kappa shape index (κ1) is 29.7. The van der Waals surface area contributed by atoms with E-state index in [1.807, 2.05) is 36.4 Å². The Bertz CT molecular complexity index is 1370. The minimum atomic E-state index is -0.444. The van der Waals surface area contributed by atoms with Gasteiger partial charge in [0.2, 0.25) is 0 Å². The second-order valence-electron chi connectivity index (χ2n) is 8.97. The molecule has 0 fully saturated rings. The third kappa shape index (κ3) is 7.45. The molecular weight excluding hydrogens is 534 g/mol. The normalized spacial score (nSPS) is 10.4. The van der Waals surface area contributed by atoms with Crippen molar-refractivity contribution >= 4 is 52.0 Å². The highest BCUT2D eigenvalue weighted by atomic mass is 16.5. The zero-order chi connectivity index (χ0) is 29.9. The van der Waals surface area contributed by atoms with Gasteiger partial charge in [0, 0.05) is 17.1 Å². The van der Waals surface area contributed by atoms with Crippen LogP contribution in [0.15, 0.2) is 91.0 Å². The standard InChI is InChI=1S/C33H33N3O6/c1-4-40-31(37)25-13-7-10-16-28(25)34-22-19-23(35-29-17-11-8-14-26(29)32(38)41-5-2)21-24(20-22)36-30-18-12-9-15-27(30)33(39)42-6-3/h7-21,34-36H,4-6H2,1-3H3. The summed E-state index contributed by atoms with van der Waals surface area (Å²) in [5.74, 6) is -1.33. The molecular formula is C33H33N3O6. The fourth-order valence-corrected chi connectivity index (χ4v) is 4.25. The number of rotatable bonds is 12. The zero-order valence-electron chi connectivity index (χ0n) is 23.7. The van der Waals surface area contributed by atoms with Crippen LogP contribution in [0.25, 0.3) is 0 Å². The summed E-state index contributed by atoms with van der Waals surface area (Å²) in [6.07, 6.45) is 0. The molecule has 3 N–H and O–H groups in total. The van der Waals surface area contributed by atoms with Gasteiger partial charge in [0.25, 0.3) is 0 Å². The third-order valence-electron chi connectivity index (χ3n) is 6.04. The molecule has 0 saturated carbocycles. The number of carbonyl (C=O) groups is 3. The molecule has 4 aromatic carbocycles. The van der Waals surface area contributed by atoms with Gasteiger partial charge in [-0.15, -0.1) is 0 Å². The number of ether oxygens (including phenoxy) is 3. The molecule has 9 nitrogen and oxygen atoms in total. The van der Waals surface area contributed by atoms with Crippen LogP contribution in [0.1, 0.15) is 51.8 Å². The molecule has 0 radical (unpaired) electrons. The summed E-state index contributed by atoms with van der Waals surface area (Å²) in [6.45, 7) is 6.01. The van der Waals surface area contributed by atoms with Crippen LogP contribution in [0.4, 0.5) is 34.1 Å². The molecule has 0 bridgehead atoms. The fourth-order valence-electron chi connectivity index (χ4n) is 4.25. The van der Waals surface area contributed by atoms with Gasteiger partial charge in [-0.1, -0.05) is 36.4 Å². The zero-order valence-corrected chi connectivity index (χ0v) is 23.7. The van der Waals surface area contributed by atoms with E-state index < -0.39 is 17.9 Å². The fraction of sp³-hybridized carbons (Fsp3) is 0.182. The second-order valence-corrected chi connectivity index (χ2v) is 8.97. The van der Waals surface area contributed by atoms with Crippen molar-refractivity contribution in [3.05, 3.63) is 108 Å². The van der Waals surface area contributed by atoms with Gasteiger partial charge >= 0.3 is 17.9 Å². The van der Waals surface area contributed by atoms with Crippen molar-refractivity contribution in [1.82, 2.24) is 0 Å². The van der Waals surface area contributed by atoms with Crippen LogP contribution in [0, 0.1) is 0 Å². The Morgan fingerprint density at radius 2 is 0.738 bits per heavy atom. The highest BCUT2D eigenvalue weighted by Gasteiger charge is 2.16. The van der Waals surface area contributed by atoms with Crippen molar-refractivity contribution in [3.63, 3.8) is 0 Å². The highest BCUT2D eigenvalue weighted by Crippen LogP contribution is 2.32. The van der Waals surface area contributed by atoms with Gasteiger partial charge in [-0.3, -0.25) is 0 Å². The molecule has 0 amide bonds. The largest absolute Gasteiger partial charge is 0.462 e. The van der Waals surface area contributed by atoms with Crippen LogP contribution >= 0.6 is 0 Å². The topological polar surface area (TPSA) is 115 Å². The predicted molar refractivity (Wildman–Crippen MR) is 163 cm³/mol. The predicted octanol–water partition coefficient (Wildman–Crippen LogP) is 7.45. The van der Waals surface area contributed by atoms with Crippen LogP contribution in [0.3, 0.4) is 0 Å². The van der Waals surface area contributed by atoms with Crippen LogP contribution in [0.5, 0.6) is 0 Å². The van der Waals surface area contributed by atoms with E-state index in [4.69, 9.17) is 14.2 Å². The molecule has 9 heteroatoms. The maximum absolute atomic E-state index is 12.6. The lowest BCUT2D eigenvalue weighted by Gasteiger charge is -2.18. The molecule has 0 aromatic heterocycles. The third-order valence-corrected chi connectivity index (χ3v) is 6.04. The summed E-state index contributed by atoms with van der Waals surface area (Å²) in [6, 6.07) is 26.7. The summed E-state index contributed by atoms with van der Waals surface area (Å²) in [5.41, 5.74) is 4.69. The summed E-state index contributed by atoms with van der Waals surface area (Å²) in [5, 5.41) is 9.95. The molecule has 0 saturated heterocycles. The second kappa shape index (κ2) is 14.4. The molecule has 216 valence electrons. The Kier molecular flexibility index (Phi) is 10.1. The van der Waals surface area contributed by atoms with Gasteiger partial charge in [-0.25, -0.2) is 14.4 Å². The van der Waals surface area contributed by atoms with E-state index in [9.17, 15) is 14.4 Å². The Morgan fingerprint density at radius 3 is 1.00 bits per heavy atom. The first-order valence-electron chi connectivity index (χ1n) is 13.7. The summed E-state index contributed by atoms with van der Waals surface area (Å²) < 4.78 is 15.7. The van der Waals surface area contributed by atoms with Crippen LogP contribution in [-0.4, -0.2) is 37.7 Å². The molecule has 4 aromatic rings. The minimum absolute atomic E-state index is 0.250. The van der Waals surface area contributed by atoms with Crippen LogP contribution in [0.2, 0.25) is 0 Å². The minimum Gasteiger partial charge on any atom is -0.462 e.